The van der Waals surface area contributed by atoms with Gasteiger partial charge in [-0.3, -0.25) is 0 Å². The smallest absolute Gasteiger partial charge is 0.249 e. The van der Waals surface area contributed by atoms with Gasteiger partial charge in [0.2, 0.25) is 6.87 Å². The van der Waals surface area contributed by atoms with Crippen LogP contribution in [0.15, 0.2) is 0 Å². The van der Waals surface area contributed by atoms with Crippen LogP contribution < -0.4 is 11.3 Å². The van der Waals surface area contributed by atoms with Crippen LogP contribution in [0.5, 0.6) is 0 Å². The van der Waals surface area contributed by atoms with E-state index in [1.54, 1.807) is 7.74 Å². The molecule has 0 aromatic carbocycles. The van der Waals surface area contributed by atoms with Gasteiger partial charge in [0, 0.05) is 0 Å². The van der Waals surface area contributed by atoms with E-state index in [0.29, 0.717) is 0 Å². The zero-order valence-electron chi connectivity index (χ0n) is 2.73. The standard InChI is InChI=1S/B2H6N2/c1-2(3)4/h1,3-4H2. The van der Waals surface area contributed by atoms with Crippen LogP contribution in [0.25, 0.3) is 0 Å². The van der Waals surface area contributed by atoms with E-state index in [9.17, 15) is 0 Å². The lowest BCUT2D eigenvalue weighted by Gasteiger charge is -1.74. The van der Waals surface area contributed by atoms with Crippen LogP contribution in [0.2, 0.25) is 0 Å². The summed E-state index contributed by atoms with van der Waals surface area (Å²) in [5, 5.41) is 0. The molecule has 4 N–H and O–H groups in total. The molecular formula is H6B2N2. The number of rotatable bonds is 0. The van der Waals surface area contributed by atoms with Crippen molar-refractivity contribution in [2.45, 2.75) is 0 Å². The lowest BCUT2D eigenvalue weighted by atomic mass is 9.56. The summed E-state index contributed by atoms with van der Waals surface area (Å²) >= 11 is 0. The van der Waals surface area contributed by atoms with Gasteiger partial charge in [0.25, 0.3) is 0 Å². The van der Waals surface area contributed by atoms with Crippen molar-refractivity contribution in [1.29, 1.82) is 0 Å². The zero-order valence-corrected chi connectivity index (χ0v) is 2.73. The zero-order chi connectivity index (χ0) is 3.58. The summed E-state index contributed by atoms with van der Waals surface area (Å²) in [5.74, 6) is 0. The van der Waals surface area contributed by atoms with Crippen LogP contribution in [0.1, 0.15) is 0 Å². The lowest BCUT2D eigenvalue weighted by molar-refractivity contribution is 1.73. The number of nitrogens with two attached hydrogens (primary N) is 2. The largest absolute Gasteiger partial charge is 0.363 e. The molecular weight excluding hydrogens is 49.6 g/mol. The Kier molecular flexibility index (Phi) is 1.39. The average molecular weight is 55.7 g/mol. The van der Waals surface area contributed by atoms with Crippen LogP contribution in [0.3, 0.4) is 0 Å². The molecule has 0 amide bonds. The summed E-state index contributed by atoms with van der Waals surface area (Å²) in [6.07, 6.45) is 0. The molecule has 0 aromatic heterocycles. The maximum Gasteiger partial charge on any atom is 0.249 e. The third kappa shape index (κ3) is 908. The van der Waals surface area contributed by atoms with Crippen LogP contribution in [-0.2, 0) is 0 Å². The Morgan fingerprint density at radius 1 is 1.50 bits per heavy atom. The summed E-state index contributed by atoms with van der Waals surface area (Å²) in [5.41, 5.74) is 9.78. The van der Waals surface area contributed by atoms with Gasteiger partial charge in [0.05, 0.1) is 0 Å². The van der Waals surface area contributed by atoms with Crippen molar-refractivity contribution in [2.75, 3.05) is 0 Å². The minimum absolute atomic E-state index is 0.167. The van der Waals surface area contributed by atoms with Crippen molar-refractivity contribution in [2.24, 2.45) is 11.3 Å². The molecule has 0 spiro atoms. The summed E-state index contributed by atoms with van der Waals surface area (Å²) in [6, 6.07) is 0. The maximum atomic E-state index is 4.89. The van der Waals surface area contributed by atoms with Crippen molar-refractivity contribution in [1.82, 2.24) is 0 Å². The Bertz CT molecular complexity index is 8.75. The van der Waals surface area contributed by atoms with Gasteiger partial charge >= 0.3 is 0 Å². The third-order valence-electron chi connectivity index (χ3n) is 0. The Labute approximate surface area is 27.1 Å². The predicted octanol–water partition coefficient (Wildman–Crippen LogP) is -2.48. The SMILES string of the molecule is BB(N)N. The highest BCUT2D eigenvalue weighted by atomic mass is 14.6. The topological polar surface area (TPSA) is 52.0 Å². The van der Waals surface area contributed by atoms with E-state index in [1.165, 1.54) is 0 Å². The first-order valence-corrected chi connectivity index (χ1v) is 1.24. The molecule has 0 unspecified atom stereocenters. The molecule has 0 saturated carbocycles. The van der Waals surface area contributed by atoms with E-state index >= 15 is 0 Å². The van der Waals surface area contributed by atoms with E-state index in [1.807, 2.05) is 0 Å². The van der Waals surface area contributed by atoms with E-state index in [-0.39, 0.29) is 6.87 Å². The molecule has 2 nitrogen and oxygen atoms in total. The van der Waals surface area contributed by atoms with Crippen LogP contribution in [0.4, 0.5) is 0 Å². The maximum absolute atomic E-state index is 4.89. The number of hydrogen-bond acceptors (Lipinski definition) is 2. The lowest BCUT2D eigenvalue weighted by Crippen LogP contribution is -2.37. The molecule has 0 atom stereocenters. The molecule has 0 aliphatic rings. The minimum Gasteiger partial charge on any atom is -0.363 e. The van der Waals surface area contributed by atoms with Gasteiger partial charge in [0.15, 0.2) is 0 Å². The van der Waals surface area contributed by atoms with E-state index in [4.69, 9.17) is 11.3 Å². The van der Waals surface area contributed by atoms with Crippen molar-refractivity contribution in [3.05, 3.63) is 0 Å². The van der Waals surface area contributed by atoms with Crippen molar-refractivity contribution in [3.63, 3.8) is 0 Å². The Morgan fingerprint density at radius 3 is 1.50 bits per heavy atom. The summed E-state index contributed by atoms with van der Waals surface area (Å²) in [4.78, 5) is 0. The molecule has 0 rings (SSSR count). The molecule has 0 heterocycles. The van der Waals surface area contributed by atoms with Crippen LogP contribution in [0, 0.1) is 0 Å². The van der Waals surface area contributed by atoms with Gasteiger partial charge in [0.1, 0.15) is 7.74 Å². The highest BCUT2D eigenvalue weighted by Crippen LogP contribution is 1.18. The van der Waals surface area contributed by atoms with Crippen LogP contribution in [-0.4, -0.2) is 14.6 Å². The van der Waals surface area contributed by atoms with Gasteiger partial charge in [-0.2, -0.15) is 0 Å². The monoisotopic (exact) mass is 56.1 g/mol. The van der Waals surface area contributed by atoms with Crippen molar-refractivity contribution >= 4 is 14.6 Å². The van der Waals surface area contributed by atoms with E-state index in [0.717, 1.165) is 0 Å². The normalized spacial score (nSPS) is 6.50. The second-order valence-corrected chi connectivity index (χ2v) is 0.859. The molecule has 4 heteroatoms. The highest BCUT2D eigenvalue weighted by Gasteiger charge is 1.78. The van der Waals surface area contributed by atoms with Gasteiger partial charge < -0.3 is 11.3 Å². The Morgan fingerprint density at radius 2 is 1.50 bits per heavy atom. The first kappa shape index (κ1) is 4.05. The van der Waals surface area contributed by atoms with Crippen molar-refractivity contribution < 1.29 is 0 Å². The molecule has 4 heavy (non-hydrogen) atoms. The highest BCUT2D eigenvalue weighted by molar-refractivity contribution is 6.99. The van der Waals surface area contributed by atoms with Crippen molar-refractivity contribution in [3.8, 4) is 0 Å². The molecule has 0 radical (unpaired) electrons. The fourth-order valence-electron chi connectivity index (χ4n) is 0. The third-order valence-corrected chi connectivity index (χ3v) is 0. The van der Waals surface area contributed by atoms with Gasteiger partial charge in [-0.05, 0) is 0 Å². The predicted molar refractivity (Wildman–Crippen MR) is 22.7 cm³/mol. The Hall–Kier alpha value is 0.0499. The minimum atomic E-state index is -0.167. The molecule has 0 bridgehead atoms. The fourth-order valence-corrected chi connectivity index (χ4v) is 0. The van der Waals surface area contributed by atoms with E-state index in [2.05, 4.69) is 0 Å². The molecule has 0 fully saturated rings. The average Bonchev–Trinajstić information content (AvgIpc) is 0.811. The van der Waals surface area contributed by atoms with Gasteiger partial charge in [-0.25, -0.2) is 0 Å². The second-order valence-electron chi connectivity index (χ2n) is 0.859. The van der Waals surface area contributed by atoms with Gasteiger partial charge in [-0.1, -0.05) is 0 Å². The quantitative estimate of drug-likeness (QED) is 0.302. The van der Waals surface area contributed by atoms with E-state index < -0.39 is 0 Å². The molecule has 0 aliphatic heterocycles. The van der Waals surface area contributed by atoms with Crippen LogP contribution >= 0.6 is 0 Å². The number of hydrogen-bond donors (Lipinski definition) is 2. The first-order valence-electron chi connectivity index (χ1n) is 1.24. The second kappa shape index (κ2) is 1.38. The molecule has 22 valence electrons. The summed E-state index contributed by atoms with van der Waals surface area (Å²) < 4.78 is 0. The first-order chi connectivity index (χ1) is 1.73. The molecule has 0 aromatic rings. The molecule has 0 aliphatic carbocycles. The Balaban J connectivity index is 2.32. The van der Waals surface area contributed by atoms with Gasteiger partial charge in [-0.15, -0.1) is 0 Å². The fraction of sp³-hybridized carbons (Fsp3) is 0. The summed E-state index contributed by atoms with van der Waals surface area (Å²) in [7, 11) is 1.72. The summed E-state index contributed by atoms with van der Waals surface area (Å²) in [6.45, 7) is -0.167. The molecule has 0 saturated heterocycles.